The van der Waals surface area contributed by atoms with Gasteiger partial charge in [0.2, 0.25) is 0 Å². The molecule has 0 aromatic rings. The number of fused-ring (bicyclic) bond motifs is 5. The Morgan fingerprint density at radius 2 is 2.29 bits per heavy atom. The smallest absolute Gasteiger partial charge is 0.145 e. The topological polar surface area (TPSA) is 26.3 Å². The number of hydrogen-bond donors (Lipinski definition) is 0. The molecule has 0 aliphatic heterocycles. The quantitative estimate of drug-likeness (QED) is 0.503. The van der Waals surface area contributed by atoms with Crippen molar-refractivity contribution in [2.45, 2.75) is 25.4 Å². The molecular formula is C12H16O2. The maximum atomic E-state index is 10.3. The van der Waals surface area contributed by atoms with Crippen molar-refractivity contribution in [2.75, 3.05) is 6.61 Å². The van der Waals surface area contributed by atoms with E-state index >= 15 is 0 Å². The minimum atomic E-state index is 0.287. The number of rotatable bonds is 3. The minimum Gasteiger partial charge on any atom is -0.370 e. The number of ether oxygens (including phenoxy) is 1. The average molecular weight is 192 g/mol. The first-order valence-corrected chi connectivity index (χ1v) is 5.62. The molecule has 0 spiro atoms. The van der Waals surface area contributed by atoms with Crippen molar-refractivity contribution in [1.82, 2.24) is 0 Å². The summed E-state index contributed by atoms with van der Waals surface area (Å²) in [6.45, 7) is 0.287. The van der Waals surface area contributed by atoms with Gasteiger partial charge >= 0.3 is 0 Å². The second-order valence-corrected chi connectivity index (χ2v) is 4.84. The van der Waals surface area contributed by atoms with Crippen LogP contribution in [0.2, 0.25) is 0 Å². The van der Waals surface area contributed by atoms with Gasteiger partial charge in [0.25, 0.3) is 0 Å². The molecule has 0 aromatic carbocycles. The van der Waals surface area contributed by atoms with Gasteiger partial charge in [-0.2, -0.15) is 0 Å². The molecule has 0 heterocycles. The summed E-state index contributed by atoms with van der Waals surface area (Å²) in [5.41, 5.74) is 0. The van der Waals surface area contributed by atoms with Crippen LogP contribution in [0.4, 0.5) is 0 Å². The Bertz CT molecular complexity index is 271. The van der Waals surface area contributed by atoms with Gasteiger partial charge in [0.1, 0.15) is 12.9 Å². The van der Waals surface area contributed by atoms with Gasteiger partial charge < -0.3 is 9.53 Å². The molecule has 0 N–H and O–H groups in total. The Morgan fingerprint density at radius 1 is 1.36 bits per heavy atom. The highest BCUT2D eigenvalue weighted by Crippen LogP contribution is 2.57. The molecule has 3 aliphatic rings. The fraction of sp³-hybridized carbons (Fsp3) is 0.750. The van der Waals surface area contributed by atoms with Crippen LogP contribution >= 0.6 is 0 Å². The lowest BCUT2D eigenvalue weighted by atomic mass is 9.80. The molecule has 14 heavy (non-hydrogen) atoms. The summed E-state index contributed by atoms with van der Waals surface area (Å²) >= 11 is 0. The first kappa shape index (κ1) is 8.66. The van der Waals surface area contributed by atoms with Crippen LogP contribution in [0.25, 0.3) is 0 Å². The van der Waals surface area contributed by atoms with Crippen molar-refractivity contribution in [3.05, 3.63) is 12.2 Å². The van der Waals surface area contributed by atoms with E-state index < -0.39 is 0 Å². The molecule has 3 rings (SSSR count). The number of allylic oxidation sites excluding steroid dienone is 2. The lowest BCUT2D eigenvalue weighted by Crippen LogP contribution is -2.30. The van der Waals surface area contributed by atoms with E-state index in [0.29, 0.717) is 12.0 Å². The van der Waals surface area contributed by atoms with E-state index in [-0.39, 0.29) is 6.61 Å². The maximum absolute atomic E-state index is 10.3. The van der Waals surface area contributed by atoms with Crippen molar-refractivity contribution in [3.63, 3.8) is 0 Å². The van der Waals surface area contributed by atoms with Crippen LogP contribution in [-0.4, -0.2) is 19.0 Å². The van der Waals surface area contributed by atoms with E-state index in [1.54, 1.807) is 0 Å². The Hall–Kier alpha value is -0.630. The van der Waals surface area contributed by atoms with Gasteiger partial charge in [-0.05, 0) is 42.9 Å². The van der Waals surface area contributed by atoms with Gasteiger partial charge in [-0.25, -0.2) is 0 Å². The highest BCUT2D eigenvalue weighted by Gasteiger charge is 2.52. The van der Waals surface area contributed by atoms with Crippen molar-refractivity contribution in [2.24, 2.45) is 23.7 Å². The lowest BCUT2D eigenvalue weighted by Gasteiger charge is -2.30. The number of carbonyl (C=O) groups is 1. The monoisotopic (exact) mass is 192 g/mol. The predicted octanol–water partition coefficient (Wildman–Crippen LogP) is 1.80. The SMILES string of the molecule is O=CCO[C@@H]1C[C@H]2C[C@H]1[C@H]1C=CC[C@@H]21. The summed E-state index contributed by atoms with van der Waals surface area (Å²) in [7, 11) is 0. The molecule has 3 aliphatic carbocycles. The number of hydrogen-bond acceptors (Lipinski definition) is 2. The van der Waals surface area contributed by atoms with Gasteiger partial charge in [0, 0.05) is 0 Å². The van der Waals surface area contributed by atoms with Gasteiger partial charge in [-0.1, -0.05) is 12.2 Å². The first-order valence-electron chi connectivity index (χ1n) is 5.62. The summed E-state index contributed by atoms with van der Waals surface area (Å²) in [6, 6.07) is 0. The fourth-order valence-electron chi connectivity index (χ4n) is 3.84. The standard InChI is InChI=1S/C12H16O2/c13-4-5-14-12-7-8-6-11(12)10-3-1-2-9(8)10/h1,3-4,8-12H,2,5-7H2/t8-,9+,10+,11+,12-/m1/s1. The van der Waals surface area contributed by atoms with E-state index in [1.807, 2.05) is 0 Å². The third-order valence-electron chi connectivity index (χ3n) is 4.33. The van der Waals surface area contributed by atoms with Crippen LogP contribution in [0.15, 0.2) is 12.2 Å². The van der Waals surface area contributed by atoms with Crippen molar-refractivity contribution >= 4 is 6.29 Å². The van der Waals surface area contributed by atoms with E-state index in [0.717, 1.165) is 24.0 Å². The van der Waals surface area contributed by atoms with Gasteiger partial charge in [0.05, 0.1) is 6.10 Å². The molecule has 0 amide bonds. The second kappa shape index (κ2) is 3.20. The van der Waals surface area contributed by atoms with E-state index in [1.165, 1.54) is 19.3 Å². The summed E-state index contributed by atoms with van der Waals surface area (Å²) in [4.78, 5) is 10.3. The Kier molecular flexibility index (Phi) is 1.98. The molecule has 2 fully saturated rings. The van der Waals surface area contributed by atoms with Crippen LogP contribution in [0.5, 0.6) is 0 Å². The summed E-state index contributed by atoms with van der Waals surface area (Å²) in [5.74, 6) is 3.27. The minimum absolute atomic E-state index is 0.287. The van der Waals surface area contributed by atoms with Gasteiger partial charge in [-0.3, -0.25) is 0 Å². The van der Waals surface area contributed by atoms with Crippen molar-refractivity contribution in [1.29, 1.82) is 0 Å². The van der Waals surface area contributed by atoms with Crippen LogP contribution < -0.4 is 0 Å². The van der Waals surface area contributed by atoms with Crippen LogP contribution in [0.1, 0.15) is 19.3 Å². The molecule has 2 heteroatoms. The summed E-state index contributed by atoms with van der Waals surface area (Å²) in [5, 5.41) is 0. The zero-order valence-electron chi connectivity index (χ0n) is 8.26. The summed E-state index contributed by atoms with van der Waals surface area (Å²) < 4.78 is 5.59. The Balaban J connectivity index is 1.70. The Morgan fingerprint density at radius 3 is 3.14 bits per heavy atom. The average Bonchev–Trinajstić information content (AvgIpc) is 2.85. The van der Waals surface area contributed by atoms with Gasteiger partial charge in [0.15, 0.2) is 0 Å². The highest BCUT2D eigenvalue weighted by molar-refractivity contribution is 5.50. The third-order valence-corrected chi connectivity index (χ3v) is 4.33. The molecule has 0 radical (unpaired) electrons. The first-order chi connectivity index (χ1) is 6.90. The van der Waals surface area contributed by atoms with E-state index in [2.05, 4.69) is 12.2 Å². The molecule has 0 saturated heterocycles. The lowest BCUT2D eigenvalue weighted by molar-refractivity contribution is -0.115. The zero-order valence-corrected chi connectivity index (χ0v) is 8.26. The molecule has 0 unspecified atom stereocenters. The summed E-state index contributed by atoms with van der Waals surface area (Å²) in [6.07, 6.45) is 9.77. The molecule has 2 saturated carbocycles. The largest absolute Gasteiger partial charge is 0.370 e. The number of carbonyl (C=O) groups excluding carboxylic acids is 1. The normalized spacial score (nSPS) is 48.4. The fourth-order valence-corrected chi connectivity index (χ4v) is 3.84. The molecular weight excluding hydrogens is 176 g/mol. The maximum Gasteiger partial charge on any atom is 0.145 e. The van der Waals surface area contributed by atoms with Crippen molar-refractivity contribution in [3.8, 4) is 0 Å². The molecule has 2 nitrogen and oxygen atoms in total. The zero-order chi connectivity index (χ0) is 9.54. The number of aldehydes is 1. The third kappa shape index (κ3) is 1.10. The van der Waals surface area contributed by atoms with Crippen LogP contribution in [0.3, 0.4) is 0 Å². The second-order valence-electron chi connectivity index (χ2n) is 4.84. The molecule has 2 bridgehead atoms. The van der Waals surface area contributed by atoms with Crippen LogP contribution in [0, 0.1) is 23.7 Å². The van der Waals surface area contributed by atoms with E-state index in [9.17, 15) is 4.79 Å². The molecule has 76 valence electrons. The highest BCUT2D eigenvalue weighted by atomic mass is 16.5. The predicted molar refractivity (Wildman–Crippen MR) is 52.8 cm³/mol. The Labute approximate surface area is 84.3 Å². The van der Waals surface area contributed by atoms with E-state index in [4.69, 9.17) is 4.74 Å². The van der Waals surface area contributed by atoms with Gasteiger partial charge in [-0.15, -0.1) is 0 Å². The van der Waals surface area contributed by atoms with Crippen molar-refractivity contribution < 1.29 is 9.53 Å². The molecule has 0 aromatic heterocycles. The van der Waals surface area contributed by atoms with Crippen LogP contribution in [-0.2, 0) is 9.53 Å². The molecule has 5 atom stereocenters.